The van der Waals surface area contributed by atoms with Crippen LogP contribution in [0.1, 0.15) is 18.4 Å². The van der Waals surface area contributed by atoms with Crippen molar-refractivity contribution < 1.29 is 18.7 Å². The van der Waals surface area contributed by atoms with Crippen molar-refractivity contribution in [3.8, 4) is 5.75 Å². The first-order chi connectivity index (χ1) is 10.7. The first kappa shape index (κ1) is 16.5. The Morgan fingerprint density at radius 3 is 2.82 bits per heavy atom. The number of amides is 2. The highest BCUT2D eigenvalue weighted by Gasteiger charge is 2.14. The Morgan fingerprint density at radius 2 is 2.14 bits per heavy atom. The van der Waals surface area contributed by atoms with Crippen molar-refractivity contribution in [1.82, 2.24) is 10.6 Å². The van der Waals surface area contributed by atoms with Gasteiger partial charge < -0.3 is 20.1 Å². The normalized spacial score (nSPS) is 15.4. The molecule has 1 aliphatic heterocycles. The summed E-state index contributed by atoms with van der Waals surface area (Å²) in [5.41, 5.74) is 0.561. The lowest BCUT2D eigenvalue weighted by Crippen LogP contribution is -2.40. The molecule has 2 N–H and O–H groups in total. The largest absolute Gasteiger partial charge is 0.497 e. The van der Waals surface area contributed by atoms with Crippen LogP contribution >= 0.6 is 0 Å². The molecule has 0 bridgehead atoms. The van der Waals surface area contributed by atoms with E-state index >= 15 is 0 Å². The zero-order valence-electron chi connectivity index (χ0n) is 12.9. The molecule has 1 aliphatic rings. The third kappa shape index (κ3) is 5.18. The Balaban J connectivity index is 1.66. The van der Waals surface area contributed by atoms with E-state index in [4.69, 9.17) is 9.47 Å². The Hall–Kier alpha value is -1.82. The van der Waals surface area contributed by atoms with Crippen molar-refractivity contribution >= 4 is 6.03 Å². The van der Waals surface area contributed by atoms with E-state index in [0.29, 0.717) is 36.7 Å². The predicted molar refractivity (Wildman–Crippen MR) is 81.6 cm³/mol. The van der Waals surface area contributed by atoms with E-state index in [0.717, 1.165) is 26.1 Å². The van der Waals surface area contributed by atoms with Crippen LogP contribution in [0, 0.1) is 11.7 Å². The lowest BCUT2D eigenvalue weighted by Gasteiger charge is -2.22. The summed E-state index contributed by atoms with van der Waals surface area (Å²) in [6.07, 6.45) is 2.41. The number of hydrogen-bond acceptors (Lipinski definition) is 3. The average molecular weight is 310 g/mol. The molecule has 0 spiro atoms. The van der Waals surface area contributed by atoms with Crippen LogP contribution in [-0.4, -0.2) is 39.4 Å². The van der Waals surface area contributed by atoms with Gasteiger partial charge in [-0.2, -0.15) is 0 Å². The molecule has 0 aromatic heterocycles. The van der Waals surface area contributed by atoms with E-state index in [-0.39, 0.29) is 11.8 Å². The number of nitrogens with one attached hydrogen (secondary N) is 2. The molecule has 0 aliphatic carbocycles. The molecule has 0 unspecified atom stereocenters. The number of hydrogen-bond donors (Lipinski definition) is 2. The van der Waals surface area contributed by atoms with E-state index < -0.39 is 0 Å². The lowest BCUT2D eigenvalue weighted by atomic mass is 10.0. The van der Waals surface area contributed by atoms with Gasteiger partial charge in [0.05, 0.1) is 7.11 Å². The molecule has 2 amide bonds. The number of urea groups is 1. The van der Waals surface area contributed by atoms with Gasteiger partial charge >= 0.3 is 6.03 Å². The number of carbonyl (C=O) groups is 1. The Morgan fingerprint density at radius 1 is 1.36 bits per heavy atom. The van der Waals surface area contributed by atoms with Crippen molar-refractivity contribution in [2.75, 3.05) is 33.4 Å². The highest BCUT2D eigenvalue weighted by molar-refractivity contribution is 5.73. The number of ether oxygens (including phenoxy) is 2. The van der Waals surface area contributed by atoms with E-state index in [1.54, 1.807) is 12.1 Å². The molecular formula is C16H23FN2O3. The maximum Gasteiger partial charge on any atom is 0.314 e. The van der Waals surface area contributed by atoms with Crippen LogP contribution in [0.25, 0.3) is 0 Å². The third-order valence-corrected chi connectivity index (χ3v) is 3.83. The fourth-order valence-electron chi connectivity index (χ4n) is 2.42. The van der Waals surface area contributed by atoms with Gasteiger partial charge in [0.2, 0.25) is 0 Å². The molecule has 0 atom stereocenters. The molecule has 5 nitrogen and oxygen atoms in total. The predicted octanol–water partition coefficient (Wildman–Crippen LogP) is 2.10. The van der Waals surface area contributed by atoms with E-state index in [2.05, 4.69) is 10.6 Å². The van der Waals surface area contributed by atoms with E-state index in [9.17, 15) is 9.18 Å². The van der Waals surface area contributed by atoms with Gasteiger partial charge in [-0.15, -0.1) is 0 Å². The molecule has 1 fully saturated rings. The average Bonchev–Trinajstić information content (AvgIpc) is 2.55. The number of benzene rings is 1. The van der Waals surface area contributed by atoms with Gasteiger partial charge in [-0.05, 0) is 36.8 Å². The number of methoxy groups -OCH3 is 1. The van der Waals surface area contributed by atoms with Crippen LogP contribution in [0.3, 0.4) is 0 Å². The monoisotopic (exact) mass is 310 g/mol. The van der Waals surface area contributed by atoms with Crippen molar-refractivity contribution in [2.45, 2.75) is 19.3 Å². The summed E-state index contributed by atoms with van der Waals surface area (Å²) in [6, 6.07) is 4.53. The standard InChI is InChI=1S/C16H23FN2O3/c1-21-14-3-2-13(15(17)10-14)4-7-18-16(20)19-11-12-5-8-22-9-6-12/h2-3,10,12H,4-9,11H2,1H3,(H2,18,19,20). The van der Waals surface area contributed by atoms with Crippen LogP contribution < -0.4 is 15.4 Å². The maximum absolute atomic E-state index is 13.7. The second-order valence-corrected chi connectivity index (χ2v) is 5.40. The second kappa shape index (κ2) is 8.58. The van der Waals surface area contributed by atoms with Gasteiger partial charge in [-0.25, -0.2) is 9.18 Å². The van der Waals surface area contributed by atoms with Gasteiger partial charge in [-0.1, -0.05) is 6.07 Å². The van der Waals surface area contributed by atoms with Crippen LogP contribution in [0.2, 0.25) is 0 Å². The molecule has 6 heteroatoms. The van der Waals surface area contributed by atoms with Crippen LogP contribution in [0.15, 0.2) is 18.2 Å². The van der Waals surface area contributed by atoms with Gasteiger partial charge in [0.15, 0.2) is 0 Å². The summed E-state index contributed by atoms with van der Waals surface area (Å²) >= 11 is 0. The summed E-state index contributed by atoms with van der Waals surface area (Å²) in [7, 11) is 1.50. The van der Waals surface area contributed by atoms with Crippen molar-refractivity contribution in [1.29, 1.82) is 0 Å². The first-order valence-corrected chi connectivity index (χ1v) is 7.61. The zero-order chi connectivity index (χ0) is 15.8. The van der Waals surface area contributed by atoms with Crippen LogP contribution in [0.4, 0.5) is 9.18 Å². The highest BCUT2D eigenvalue weighted by atomic mass is 19.1. The zero-order valence-corrected chi connectivity index (χ0v) is 12.9. The summed E-state index contributed by atoms with van der Waals surface area (Å²) in [5, 5.41) is 5.60. The summed E-state index contributed by atoms with van der Waals surface area (Å²) in [4.78, 5) is 11.7. The van der Waals surface area contributed by atoms with Gasteiger partial charge in [0.25, 0.3) is 0 Å². The highest BCUT2D eigenvalue weighted by Crippen LogP contribution is 2.16. The minimum Gasteiger partial charge on any atom is -0.497 e. The summed E-state index contributed by atoms with van der Waals surface area (Å²) in [5.74, 6) is 0.658. The van der Waals surface area contributed by atoms with Gasteiger partial charge in [-0.3, -0.25) is 0 Å². The van der Waals surface area contributed by atoms with Crippen molar-refractivity contribution in [3.05, 3.63) is 29.6 Å². The molecule has 0 radical (unpaired) electrons. The number of halogens is 1. The Bertz CT molecular complexity index is 490. The maximum atomic E-state index is 13.7. The molecule has 0 saturated carbocycles. The van der Waals surface area contributed by atoms with Crippen LogP contribution in [0.5, 0.6) is 5.75 Å². The van der Waals surface area contributed by atoms with Gasteiger partial charge in [0, 0.05) is 32.4 Å². The van der Waals surface area contributed by atoms with Crippen LogP contribution in [-0.2, 0) is 11.2 Å². The Labute approximate surface area is 130 Å². The third-order valence-electron chi connectivity index (χ3n) is 3.83. The quantitative estimate of drug-likeness (QED) is 0.846. The molecule has 1 aromatic carbocycles. The second-order valence-electron chi connectivity index (χ2n) is 5.40. The molecule has 2 rings (SSSR count). The molecule has 122 valence electrons. The van der Waals surface area contributed by atoms with Crippen molar-refractivity contribution in [2.24, 2.45) is 5.92 Å². The molecule has 1 saturated heterocycles. The minimum absolute atomic E-state index is 0.208. The smallest absolute Gasteiger partial charge is 0.314 e. The number of carbonyl (C=O) groups excluding carboxylic acids is 1. The number of rotatable bonds is 6. The fraction of sp³-hybridized carbons (Fsp3) is 0.562. The lowest BCUT2D eigenvalue weighted by molar-refractivity contribution is 0.0669. The van der Waals surface area contributed by atoms with Gasteiger partial charge in [0.1, 0.15) is 11.6 Å². The molecule has 1 aromatic rings. The topological polar surface area (TPSA) is 59.6 Å². The molecule has 22 heavy (non-hydrogen) atoms. The summed E-state index contributed by atoms with van der Waals surface area (Å²) < 4.78 is 24.0. The molecule has 1 heterocycles. The fourth-order valence-corrected chi connectivity index (χ4v) is 2.42. The van der Waals surface area contributed by atoms with E-state index in [1.165, 1.54) is 13.2 Å². The summed E-state index contributed by atoms with van der Waals surface area (Å²) in [6.45, 7) is 2.59. The molecular weight excluding hydrogens is 287 g/mol. The minimum atomic E-state index is -0.316. The van der Waals surface area contributed by atoms with Crippen molar-refractivity contribution in [3.63, 3.8) is 0 Å². The first-order valence-electron chi connectivity index (χ1n) is 7.61. The SMILES string of the molecule is COc1ccc(CCNC(=O)NCC2CCOCC2)c(F)c1. The Kier molecular flexibility index (Phi) is 6.45. The van der Waals surface area contributed by atoms with E-state index in [1.807, 2.05) is 0 Å².